The molecule has 0 aliphatic carbocycles. The smallest absolute Gasteiger partial charge is 0.297 e. The predicted octanol–water partition coefficient (Wildman–Crippen LogP) is 3.27. The van der Waals surface area contributed by atoms with Gasteiger partial charge in [0.05, 0.1) is 13.4 Å². The Morgan fingerprint density at radius 3 is 2.61 bits per heavy atom. The van der Waals surface area contributed by atoms with Crippen molar-refractivity contribution in [2.45, 2.75) is 52.0 Å². The highest BCUT2D eigenvalue weighted by Crippen LogP contribution is 2.15. The van der Waals surface area contributed by atoms with Crippen molar-refractivity contribution in [3.05, 3.63) is 21.8 Å². The Morgan fingerprint density at radius 1 is 1.28 bits per heavy atom. The molecule has 0 spiro atoms. The summed E-state index contributed by atoms with van der Waals surface area (Å²) < 4.78 is 6.51. The molecule has 5 heteroatoms. The van der Waals surface area contributed by atoms with Gasteiger partial charge in [-0.3, -0.25) is 9.36 Å². The molecular formula is C13H21ClN2O2. The fraction of sp³-hybridized carbons (Fsp3) is 0.692. The molecule has 0 saturated carbocycles. The normalized spacial score (nSPS) is 10.6. The maximum absolute atomic E-state index is 11.9. The molecule has 0 aromatic carbocycles. The topological polar surface area (TPSA) is 44.1 Å². The van der Waals surface area contributed by atoms with Gasteiger partial charge < -0.3 is 4.74 Å². The Kier molecular flexibility index (Phi) is 6.80. The lowest BCUT2D eigenvalue weighted by molar-refractivity contribution is 0.398. The number of nitrogens with zero attached hydrogens (tertiary/aromatic N) is 2. The molecule has 0 fully saturated rings. The molecular weight excluding hydrogens is 252 g/mol. The summed E-state index contributed by atoms with van der Waals surface area (Å²) in [4.78, 5) is 15.8. The molecule has 1 aromatic heterocycles. The number of hydrogen-bond donors (Lipinski definition) is 0. The Hall–Kier alpha value is -1.03. The van der Waals surface area contributed by atoms with E-state index in [1.165, 1.54) is 39.1 Å². The quantitative estimate of drug-likeness (QED) is 0.539. The number of unbranched alkanes of at least 4 members (excludes halogenated alkanes) is 5. The first-order chi connectivity index (χ1) is 8.70. The second kappa shape index (κ2) is 8.14. The van der Waals surface area contributed by atoms with E-state index in [-0.39, 0.29) is 16.5 Å². The third-order valence-corrected chi connectivity index (χ3v) is 3.18. The average molecular weight is 273 g/mol. The van der Waals surface area contributed by atoms with Crippen LogP contribution in [-0.2, 0) is 6.54 Å². The Balaban J connectivity index is 2.46. The lowest BCUT2D eigenvalue weighted by Crippen LogP contribution is -2.22. The Morgan fingerprint density at radius 2 is 1.94 bits per heavy atom. The Bertz CT molecular complexity index is 418. The van der Waals surface area contributed by atoms with Gasteiger partial charge in [-0.05, 0) is 6.42 Å². The van der Waals surface area contributed by atoms with Gasteiger partial charge in [-0.2, -0.15) is 0 Å². The summed E-state index contributed by atoms with van der Waals surface area (Å²) >= 11 is 5.77. The monoisotopic (exact) mass is 272 g/mol. The van der Waals surface area contributed by atoms with Crippen molar-refractivity contribution in [1.29, 1.82) is 0 Å². The molecule has 18 heavy (non-hydrogen) atoms. The van der Waals surface area contributed by atoms with Crippen molar-refractivity contribution in [1.82, 2.24) is 9.55 Å². The van der Waals surface area contributed by atoms with Crippen molar-refractivity contribution < 1.29 is 4.74 Å². The maximum atomic E-state index is 11.9. The molecule has 0 saturated heterocycles. The summed E-state index contributed by atoms with van der Waals surface area (Å²) in [7, 11) is 1.43. The van der Waals surface area contributed by atoms with Crippen LogP contribution < -0.4 is 10.3 Å². The van der Waals surface area contributed by atoms with Crippen LogP contribution in [0.15, 0.2) is 11.1 Å². The minimum atomic E-state index is -0.203. The minimum absolute atomic E-state index is 0.127. The number of halogens is 1. The molecule has 0 unspecified atom stereocenters. The van der Waals surface area contributed by atoms with Gasteiger partial charge in [-0.25, -0.2) is 4.98 Å². The van der Waals surface area contributed by atoms with Crippen molar-refractivity contribution in [2.24, 2.45) is 0 Å². The fourth-order valence-electron chi connectivity index (χ4n) is 1.84. The zero-order valence-electron chi connectivity index (χ0n) is 11.1. The highest BCUT2D eigenvalue weighted by molar-refractivity contribution is 6.30. The van der Waals surface area contributed by atoms with Gasteiger partial charge in [0, 0.05) is 6.54 Å². The van der Waals surface area contributed by atoms with Gasteiger partial charge in [-0.15, -0.1) is 0 Å². The van der Waals surface area contributed by atoms with E-state index in [9.17, 15) is 4.79 Å². The molecule has 1 rings (SSSR count). The first kappa shape index (κ1) is 15.0. The van der Waals surface area contributed by atoms with E-state index in [0.29, 0.717) is 6.54 Å². The predicted molar refractivity (Wildman–Crippen MR) is 73.4 cm³/mol. The largest absolute Gasteiger partial charge is 0.489 e. The van der Waals surface area contributed by atoms with Gasteiger partial charge in [-0.1, -0.05) is 50.6 Å². The van der Waals surface area contributed by atoms with E-state index < -0.39 is 0 Å². The van der Waals surface area contributed by atoms with Gasteiger partial charge in [0.2, 0.25) is 5.75 Å². The van der Waals surface area contributed by atoms with Crippen molar-refractivity contribution in [3.8, 4) is 5.75 Å². The van der Waals surface area contributed by atoms with E-state index in [1.807, 2.05) is 0 Å². The van der Waals surface area contributed by atoms with E-state index in [2.05, 4.69) is 11.9 Å². The molecule has 0 bridgehead atoms. The van der Waals surface area contributed by atoms with Crippen molar-refractivity contribution in [2.75, 3.05) is 7.11 Å². The van der Waals surface area contributed by atoms with E-state index in [4.69, 9.17) is 16.3 Å². The molecule has 4 nitrogen and oxygen atoms in total. The summed E-state index contributed by atoms with van der Waals surface area (Å²) in [5.74, 6) is 0.130. The molecule has 0 atom stereocenters. The Labute approximate surface area is 113 Å². The summed E-state index contributed by atoms with van der Waals surface area (Å²) in [5, 5.41) is 0.127. The standard InChI is InChI=1S/C13H21ClN2O2/c1-3-4-5-6-7-8-9-16-10-15-12(14)11(18-2)13(16)17/h10H,3-9H2,1-2H3. The highest BCUT2D eigenvalue weighted by Gasteiger charge is 2.09. The van der Waals surface area contributed by atoms with Crippen LogP contribution in [0.1, 0.15) is 45.4 Å². The van der Waals surface area contributed by atoms with Crippen LogP contribution >= 0.6 is 11.6 Å². The van der Waals surface area contributed by atoms with Gasteiger partial charge in [0.15, 0.2) is 5.15 Å². The highest BCUT2D eigenvalue weighted by atomic mass is 35.5. The number of aryl methyl sites for hydroxylation is 1. The SMILES string of the molecule is CCCCCCCCn1cnc(Cl)c(OC)c1=O. The lowest BCUT2D eigenvalue weighted by Gasteiger charge is -2.07. The minimum Gasteiger partial charge on any atom is -0.489 e. The summed E-state index contributed by atoms with van der Waals surface area (Å²) in [6.45, 7) is 2.87. The van der Waals surface area contributed by atoms with Gasteiger partial charge >= 0.3 is 0 Å². The van der Waals surface area contributed by atoms with Crippen LogP contribution in [0.2, 0.25) is 5.15 Å². The molecule has 1 aromatic rings. The molecule has 0 aliphatic rings. The van der Waals surface area contributed by atoms with Gasteiger partial charge in [0.25, 0.3) is 5.56 Å². The third kappa shape index (κ3) is 4.33. The second-order valence-corrected chi connectivity index (χ2v) is 4.69. The third-order valence-electron chi connectivity index (χ3n) is 2.91. The molecule has 0 amide bonds. The number of ether oxygens (including phenoxy) is 1. The molecule has 0 N–H and O–H groups in total. The maximum Gasteiger partial charge on any atom is 0.297 e. The summed E-state index contributed by atoms with van der Waals surface area (Å²) in [5.41, 5.74) is -0.203. The zero-order valence-corrected chi connectivity index (χ0v) is 11.9. The van der Waals surface area contributed by atoms with Crippen LogP contribution in [0.3, 0.4) is 0 Å². The first-order valence-electron chi connectivity index (χ1n) is 6.49. The van der Waals surface area contributed by atoms with Crippen LogP contribution in [0.4, 0.5) is 0 Å². The average Bonchev–Trinajstić information content (AvgIpc) is 2.36. The molecule has 0 aliphatic heterocycles. The number of aromatic nitrogens is 2. The molecule has 0 radical (unpaired) electrons. The fourth-order valence-corrected chi connectivity index (χ4v) is 2.05. The number of methoxy groups -OCH3 is 1. The number of rotatable bonds is 8. The first-order valence-corrected chi connectivity index (χ1v) is 6.87. The van der Waals surface area contributed by atoms with E-state index in [0.717, 1.165) is 12.8 Å². The van der Waals surface area contributed by atoms with Crippen molar-refractivity contribution >= 4 is 11.6 Å². The van der Waals surface area contributed by atoms with E-state index >= 15 is 0 Å². The van der Waals surface area contributed by atoms with Crippen LogP contribution in [0.5, 0.6) is 5.75 Å². The van der Waals surface area contributed by atoms with Gasteiger partial charge in [0.1, 0.15) is 0 Å². The van der Waals surface area contributed by atoms with Crippen molar-refractivity contribution in [3.63, 3.8) is 0 Å². The molecule has 1 heterocycles. The zero-order chi connectivity index (χ0) is 13.4. The van der Waals surface area contributed by atoms with E-state index in [1.54, 1.807) is 4.57 Å². The summed E-state index contributed by atoms with van der Waals surface area (Å²) in [6, 6.07) is 0. The lowest BCUT2D eigenvalue weighted by atomic mass is 10.1. The second-order valence-electron chi connectivity index (χ2n) is 4.33. The summed E-state index contributed by atoms with van der Waals surface area (Å²) in [6.07, 6.45) is 8.63. The van der Waals surface area contributed by atoms with Crippen LogP contribution in [0, 0.1) is 0 Å². The number of hydrogen-bond acceptors (Lipinski definition) is 3. The molecule has 102 valence electrons. The van der Waals surface area contributed by atoms with Crippen LogP contribution in [-0.4, -0.2) is 16.7 Å². The van der Waals surface area contributed by atoms with Crippen LogP contribution in [0.25, 0.3) is 0 Å².